The molecule has 0 spiro atoms. The quantitative estimate of drug-likeness (QED) is 0.193. The largest absolute Gasteiger partial charge is 0.741 e. The van der Waals surface area contributed by atoms with Gasteiger partial charge >= 0.3 is 11.8 Å². The summed E-state index contributed by atoms with van der Waals surface area (Å²) in [5.74, 6) is 0. The van der Waals surface area contributed by atoms with Crippen LogP contribution < -0.4 is 0 Å². The number of halogens is 6. The lowest BCUT2D eigenvalue weighted by atomic mass is 10.3. The van der Waals surface area contributed by atoms with Crippen molar-refractivity contribution in [3.05, 3.63) is 25.3 Å². The first-order valence-electron chi connectivity index (χ1n) is 5.27. The summed E-state index contributed by atoms with van der Waals surface area (Å²) in [4.78, 5) is 0. The highest BCUT2D eigenvalue weighted by Crippen LogP contribution is 2.28. The van der Waals surface area contributed by atoms with Crippen molar-refractivity contribution in [2.45, 2.75) is 18.2 Å². The van der Waals surface area contributed by atoms with E-state index in [2.05, 4.69) is 13.2 Å². The lowest BCUT2D eigenvalue weighted by molar-refractivity contribution is -1.01. The molecule has 126 valence electrons. The van der Waals surface area contributed by atoms with Crippen LogP contribution in [0.4, 0.5) is 26.3 Å². The molecule has 0 aromatic heterocycles. The summed E-state index contributed by atoms with van der Waals surface area (Å²) < 4.78 is 95.4. The molecule has 0 rings (SSSR count). The van der Waals surface area contributed by atoms with Gasteiger partial charge in [0.2, 0.25) is 0 Å². The third-order valence-electron chi connectivity index (χ3n) is 2.25. The van der Waals surface area contributed by atoms with E-state index in [1.165, 1.54) is 12.2 Å². The number of hydrogen-bond donors (Lipinski definition) is 0. The van der Waals surface area contributed by atoms with Gasteiger partial charge in [-0.2, -0.15) is 13.2 Å². The first-order valence-corrected chi connectivity index (χ1v) is 6.68. The second-order valence-corrected chi connectivity index (χ2v) is 5.41. The maximum Gasteiger partial charge on any atom is 0.561 e. The van der Waals surface area contributed by atoms with Gasteiger partial charge in [0.05, 0.1) is 13.6 Å². The van der Waals surface area contributed by atoms with Crippen molar-refractivity contribution in [3.63, 3.8) is 0 Å². The topological polar surface area (TPSA) is 57.2 Å². The Morgan fingerprint density at radius 1 is 1.10 bits per heavy atom. The molecule has 0 aliphatic heterocycles. The van der Waals surface area contributed by atoms with Crippen molar-refractivity contribution < 1.29 is 43.8 Å². The summed E-state index contributed by atoms with van der Waals surface area (Å²) in [6.07, 6.45) is -1.09. The predicted octanol–water partition coefficient (Wildman–Crippen LogP) is 2.77. The monoisotopic (exact) mass is 343 g/mol. The van der Waals surface area contributed by atoms with Crippen molar-refractivity contribution in [1.29, 1.82) is 0 Å². The lowest BCUT2D eigenvalue weighted by Crippen LogP contribution is -2.55. The Labute approximate surface area is 118 Å². The number of nitrogens with zero attached hydrogens (tertiary/aromatic N) is 1. The van der Waals surface area contributed by atoms with Crippen molar-refractivity contribution in [2.24, 2.45) is 0 Å². The van der Waals surface area contributed by atoms with Gasteiger partial charge in [0.1, 0.15) is 6.54 Å². The zero-order valence-corrected chi connectivity index (χ0v) is 11.9. The van der Waals surface area contributed by atoms with Crippen LogP contribution in [0.3, 0.4) is 0 Å². The molecular formula is C10H15F6NO3S. The Kier molecular flexibility index (Phi) is 8.25. The van der Waals surface area contributed by atoms with Gasteiger partial charge in [-0.3, -0.25) is 0 Å². The summed E-state index contributed by atoms with van der Waals surface area (Å²) in [6, 6.07) is 0. The summed E-state index contributed by atoms with van der Waals surface area (Å²) in [5.41, 5.74) is -5.65. The summed E-state index contributed by atoms with van der Waals surface area (Å²) in [5, 5.41) is 0. The Balaban J connectivity index is 0. The molecule has 0 N–H and O–H groups in total. The van der Waals surface area contributed by atoms with Gasteiger partial charge in [-0.05, 0) is 6.08 Å². The standard InChI is InChI=1S/C9H15F3N.CHF3O3S/c1-4-6-8-13(3,7-5-2)9(10,11)12;2-1(3,4)8(5,6)7/h4-5H,1-2,6-8H2,3H3;(H,5,6,7)/q+1;/p-1. The average molecular weight is 343 g/mol. The fraction of sp³-hybridized carbons (Fsp3) is 0.600. The van der Waals surface area contributed by atoms with E-state index in [1.807, 2.05) is 0 Å². The smallest absolute Gasteiger partial charge is 0.561 e. The Morgan fingerprint density at radius 3 is 1.67 bits per heavy atom. The molecule has 21 heavy (non-hydrogen) atoms. The number of alkyl halides is 6. The highest BCUT2D eigenvalue weighted by molar-refractivity contribution is 7.86. The van der Waals surface area contributed by atoms with Crippen molar-refractivity contribution in [2.75, 3.05) is 20.1 Å². The molecule has 0 aliphatic rings. The van der Waals surface area contributed by atoms with Crippen LogP contribution in [0, 0.1) is 0 Å². The van der Waals surface area contributed by atoms with Gasteiger partial charge in [0.25, 0.3) is 0 Å². The Hall–Kier alpha value is -1.07. The fourth-order valence-corrected chi connectivity index (χ4v) is 0.983. The first-order chi connectivity index (χ1) is 9.12. The highest BCUT2D eigenvalue weighted by atomic mass is 32.2. The number of likely N-dealkylation sites (N-methyl/N-ethyl adjacent to an activating group) is 1. The fourth-order valence-electron chi connectivity index (χ4n) is 0.983. The van der Waals surface area contributed by atoms with E-state index in [9.17, 15) is 26.3 Å². The molecule has 0 amide bonds. The van der Waals surface area contributed by atoms with Gasteiger partial charge in [0, 0.05) is 6.42 Å². The molecule has 0 aromatic carbocycles. The number of rotatable bonds is 5. The molecule has 1 atom stereocenters. The van der Waals surface area contributed by atoms with Crippen LogP contribution in [-0.4, -0.2) is 49.4 Å². The zero-order valence-electron chi connectivity index (χ0n) is 11.0. The molecule has 1 unspecified atom stereocenters. The molecule has 4 nitrogen and oxygen atoms in total. The van der Waals surface area contributed by atoms with Crippen molar-refractivity contribution in [3.8, 4) is 0 Å². The predicted molar refractivity (Wildman–Crippen MR) is 62.7 cm³/mol. The molecule has 0 radical (unpaired) electrons. The molecule has 11 heteroatoms. The molecule has 0 heterocycles. The van der Waals surface area contributed by atoms with E-state index in [0.717, 1.165) is 7.05 Å². The third kappa shape index (κ3) is 8.07. The minimum atomic E-state index is -6.09. The first kappa shape index (κ1) is 22.2. The Bertz CT molecular complexity index is 443. The third-order valence-corrected chi connectivity index (χ3v) is 2.82. The molecule has 0 aromatic rings. The molecular weight excluding hydrogens is 328 g/mol. The van der Waals surface area contributed by atoms with E-state index >= 15 is 0 Å². The maximum atomic E-state index is 12.5. The van der Waals surface area contributed by atoms with Crippen LogP contribution in [0.15, 0.2) is 25.3 Å². The van der Waals surface area contributed by atoms with Gasteiger partial charge in [-0.15, -0.1) is 19.8 Å². The number of hydrogen-bond acceptors (Lipinski definition) is 3. The van der Waals surface area contributed by atoms with Gasteiger partial charge in [-0.25, -0.2) is 12.9 Å². The Morgan fingerprint density at radius 2 is 1.48 bits per heavy atom. The molecule has 0 aliphatic carbocycles. The van der Waals surface area contributed by atoms with Crippen molar-refractivity contribution >= 4 is 10.1 Å². The minimum Gasteiger partial charge on any atom is -0.741 e. The second kappa shape index (κ2) is 7.80. The van der Waals surface area contributed by atoms with Crippen LogP contribution >= 0.6 is 0 Å². The summed E-state index contributed by atoms with van der Waals surface area (Å²) in [7, 11) is -4.93. The van der Waals surface area contributed by atoms with E-state index in [0.29, 0.717) is 6.42 Å². The van der Waals surface area contributed by atoms with Crippen LogP contribution in [0.25, 0.3) is 0 Å². The van der Waals surface area contributed by atoms with Crippen LogP contribution in [-0.2, 0) is 10.1 Å². The van der Waals surface area contributed by atoms with E-state index in [4.69, 9.17) is 13.0 Å². The molecule has 0 fully saturated rings. The van der Waals surface area contributed by atoms with E-state index in [1.54, 1.807) is 0 Å². The lowest BCUT2D eigenvalue weighted by Gasteiger charge is -2.33. The summed E-state index contributed by atoms with van der Waals surface area (Å²) >= 11 is 0. The van der Waals surface area contributed by atoms with Crippen LogP contribution in [0.5, 0.6) is 0 Å². The van der Waals surface area contributed by atoms with E-state index in [-0.39, 0.29) is 13.1 Å². The minimum absolute atomic E-state index is 0.0129. The number of quaternary nitrogens is 1. The van der Waals surface area contributed by atoms with Crippen LogP contribution in [0.2, 0.25) is 0 Å². The van der Waals surface area contributed by atoms with E-state index < -0.39 is 26.4 Å². The molecule has 0 saturated heterocycles. The molecule has 0 bridgehead atoms. The van der Waals surface area contributed by atoms with Gasteiger partial charge in [-0.1, -0.05) is 12.7 Å². The summed E-state index contributed by atoms with van der Waals surface area (Å²) in [6.45, 7) is 6.64. The van der Waals surface area contributed by atoms with Gasteiger partial charge in [0.15, 0.2) is 10.1 Å². The zero-order chi connectivity index (χ0) is 17.5. The SMILES string of the molecule is C=CCC[N+](C)(CC=C)C(F)(F)F.O=S(=O)([O-])C(F)(F)F. The van der Waals surface area contributed by atoms with Crippen molar-refractivity contribution in [1.82, 2.24) is 0 Å². The van der Waals surface area contributed by atoms with Crippen LogP contribution in [0.1, 0.15) is 6.42 Å². The highest BCUT2D eigenvalue weighted by Gasteiger charge is 2.50. The normalized spacial score (nSPS) is 15.4. The molecule has 0 saturated carbocycles. The van der Waals surface area contributed by atoms with Gasteiger partial charge < -0.3 is 4.55 Å². The average Bonchev–Trinajstić information content (AvgIpc) is 2.23. The maximum absolute atomic E-state index is 12.5. The second-order valence-electron chi connectivity index (χ2n) is 4.04.